The smallest absolute Gasteiger partial charge is 0.391 e. The third-order valence-corrected chi connectivity index (χ3v) is 9.04. The Labute approximate surface area is 171 Å². The van der Waals surface area contributed by atoms with Gasteiger partial charge in [-0.2, -0.15) is 14.4 Å². The fourth-order valence-electron chi connectivity index (χ4n) is 4.16. The fourth-order valence-corrected chi connectivity index (χ4v) is 8.22. The van der Waals surface area contributed by atoms with Crippen LogP contribution >= 0.6 is 23.5 Å². The molecule has 32 heavy (non-hydrogen) atoms. The predicted octanol–water partition coefficient (Wildman–Crippen LogP) is -1.20. The van der Waals surface area contributed by atoms with Crippen LogP contribution in [0, 0.1) is 0 Å². The molecular weight excluding hydrogens is 515 g/mol. The Balaban J connectivity index is 1.60. The molecule has 5 fully saturated rings. The molecule has 2 N–H and O–H groups in total. The molecule has 0 amide bonds. The second-order valence-electron chi connectivity index (χ2n) is 7.01. The first-order valence-electron chi connectivity index (χ1n) is 8.25. The molecule has 1 aromatic rings. The van der Waals surface area contributed by atoms with Crippen LogP contribution < -0.4 is 20.0 Å². The summed E-state index contributed by atoms with van der Waals surface area (Å²) in [6, 6.07) is 0. The van der Waals surface area contributed by atoms with Crippen molar-refractivity contribution in [3.63, 3.8) is 0 Å². The lowest BCUT2D eigenvalue weighted by molar-refractivity contribution is -0.478. The van der Waals surface area contributed by atoms with Gasteiger partial charge in [-0.15, -0.1) is 13.9 Å². The van der Waals surface area contributed by atoms with E-state index in [9.17, 15) is 28.7 Å². The second-order valence-corrected chi connectivity index (χ2v) is 11.3. The number of hydrogen-bond donors (Lipinski definition) is 2. The minimum atomic E-state index is -4.88. The Hall–Kier alpha value is -1.47. The average molecular weight is 519 g/mol. The average Bonchev–Trinajstić information content (AvgIpc) is 3.16. The van der Waals surface area contributed by atoms with E-state index in [2.05, 4.69) is 4.98 Å². The number of fused-ring (bicyclic) bond motifs is 1. The zero-order chi connectivity index (χ0) is 22.2. The number of phosphoric acid groups is 3. The van der Waals surface area contributed by atoms with E-state index < -0.39 is 76.5 Å². The molecule has 0 radical (unpaired) electrons. The van der Waals surface area contributed by atoms with Crippen LogP contribution in [0.5, 0.6) is 11.6 Å². The van der Waals surface area contributed by atoms with Gasteiger partial charge in [0.1, 0.15) is 6.61 Å². The number of aliphatic hydroxyl groups is 2. The van der Waals surface area contributed by atoms with Crippen LogP contribution in [0.15, 0.2) is 4.79 Å². The summed E-state index contributed by atoms with van der Waals surface area (Å²) in [6.07, 6.45) is 0. The zero-order valence-electron chi connectivity index (χ0n) is 14.4. The zero-order valence-corrected chi connectivity index (χ0v) is 17.1. The molecule has 172 valence electrons. The van der Waals surface area contributed by atoms with Gasteiger partial charge in [-0.1, -0.05) is 5.23 Å². The van der Waals surface area contributed by atoms with E-state index in [1.165, 1.54) is 0 Å². The molecule has 20 nitrogen and oxygen atoms in total. The molecule has 0 aliphatic carbocycles. The van der Waals surface area contributed by atoms with Crippen molar-refractivity contribution in [1.82, 2.24) is 9.55 Å². The lowest BCUT2D eigenvalue weighted by Crippen LogP contribution is -2.71. The van der Waals surface area contributed by atoms with Crippen molar-refractivity contribution in [2.75, 3.05) is 11.8 Å². The van der Waals surface area contributed by atoms with Crippen molar-refractivity contribution in [2.24, 2.45) is 0 Å². The van der Waals surface area contributed by atoms with Crippen molar-refractivity contribution < 1.29 is 74.6 Å². The number of anilines is 1. The van der Waals surface area contributed by atoms with Gasteiger partial charge in [0.05, 0.1) is 0 Å². The predicted molar refractivity (Wildman–Crippen MR) is 80.3 cm³/mol. The van der Waals surface area contributed by atoms with Gasteiger partial charge >= 0.3 is 46.6 Å². The van der Waals surface area contributed by atoms with E-state index in [0.717, 1.165) is 0 Å². The molecule has 2 spiro atoms. The van der Waals surface area contributed by atoms with Gasteiger partial charge in [0, 0.05) is 0 Å². The summed E-state index contributed by atoms with van der Waals surface area (Å²) < 4.78 is 89.8. The molecule has 3 unspecified atom stereocenters. The number of hydrogen-bond acceptors (Lipinski definition) is 19. The molecule has 23 heteroatoms. The summed E-state index contributed by atoms with van der Waals surface area (Å²) in [4.78, 5) is 21.6. The van der Waals surface area contributed by atoms with E-state index in [4.69, 9.17) is 50.7 Å². The van der Waals surface area contributed by atoms with Gasteiger partial charge in [-0.3, -0.25) is 4.74 Å². The maximum absolute atomic E-state index is 13.1. The second kappa shape index (κ2) is 4.70. The van der Waals surface area contributed by atoms with E-state index in [-0.39, 0.29) is 9.79 Å². The van der Waals surface area contributed by atoms with Crippen LogP contribution in [0.3, 0.4) is 0 Å². The molecule has 11 bridgehead atoms. The molecule has 6 atom stereocenters. The number of rotatable bonds is 1. The number of aliphatic hydroxyl groups excluding tert-OH is 1. The van der Waals surface area contributed by atoms with Crippen molar-refractivity contribution >= 4 is 29.3 Å². The number of nitrogens with zero attached hydrogens (tertiary/aromatic N) is 3. The van der Waals surface area contributed by atoms with Crippen LogP contribution in [0.4, 0.5) is 5.82 Å². The molecular formula is C9H4N3O17P3. The van der Waals surface area contributed by atoms with E-state index in [1.54, 1.807) is 0 Å². The Morgan fingerprint density at radius 2 is 1.78 bits per heavy atom. The Kier molecular flexibility index (Phi) is 2.77. The number of ether oxygens (including phenoxy) is 1. The van der Waals surface area contributed by atoms with E-state index in [0.29, 0.717) is 0 Å². The van der Waals surface area contributed by atoms with Crippen molar-refractivity contribution in [3.05, 3.63) is 10.5 Å². The van der Waals surface area contributed by atoms with Gasteiger partial charge in [0.25, 0.3) is 11.7 Å². The van der Waals surface area contributed by atoms with Gasteiger partial charge in [0.2, 0.25) is 11.6 Å². The first-order valence-corrected chi connectivity index (χ1v) is 12.6. The summed E-state index contributed by atoms with van der Waals surface area (Å²) in [5.41, 5.74) is -1.41. The van der Waals surface area contributed by atoms with Crippen molar-refractivity contribution in [1.29, 1.82) is 0 Å². The van der Waals surface area contributed by atoms with Crippen LogP contribution in [-0.4, -0.2) is 43.7 Å². The van der Waals surface area contributed by atoms with Crippen molar-refractivity contribution in [2.45, 2.75) is 23.3 Å². The summed E-state index contributed by atoms with van der Waals surface area (Å²) in [5.74, 6) is -15.1. The Morgan fingerprint density at radius 1 is 1.00 bits per heavy atom. The first-order chi connectivity index (χ1) is 14.9. The topological polar surface area (TPSA) is 231 Å². The molecule has 11 rings (SSSR count). The van der Waals surface area contributed by atoms with Gasteiger partial charge in [-0.25, -0.2) is 36.6 Å². The fraction of sp³-hybridized carbons (Fsp3) is 0.556. The van der Waals surface area contributed by atoms with Crippen molar-refractivity contribution in [3.8, 4) is 11.6 Å². The lowest BCUT2D eigenvalue weighted by atomic mass is 9.98. The van der Waals surface area contributed by atoms with Crippen LogP contribution in [-0.2, 0) is 61.2 Å². The largest absolute Gasteiger partial charge is 0.617 e. The third-order valence-electron chi connectivity index (χ3n) is 5.32. The Morgan fingerprint density at radius 3 is 2.53 bits per heavy atom. The van der Waals surface area contributed by atoms with E-state index >= 15 is 0 Å². The highest BCUT2D eigenvalue weighted by molar-refractivity contribution is 7.50. The molecule has 0 saturated carbocycles. The minimum Gasteiger partial charge on any atom is -0.391 e. The standard InChI is InChI=1S/C9H4N3O17P3/c13-1-6-8-7(15)9(21-6,26-31(17,23-6)25-8)11-4-2(19-30(16,20-4)29-22-8)3(10-5(11)14)12-27-32(18,24-7)28-12/h13,15H,1H2/t6-,7-,8-,9?,30?,31?/m1/s1. The maximum atomic E-state index is 13.1. The molecule has 11 heterocycles. The summed E-state index contributed by atoms with van der Waals surface area (Å²) in [5, 5.41) is 22.0. The summed E-state index contributed by atoms with van der Waals surface area (Å²) >= 11 is 0. The highest BCUT2D eigenvalue weighted by Gasteiger charge is 3.00. The number of phosphoric ester groups is 2. The molecule has 10 aliphatic rings. The first kappa shape index (κ1) is 18.9. The third kappa shape index (κ3) is 1.62. The normalized spacial score (nSPS) is 54.8. The summed E-state index contributed by atoms with van der Waals surface area (Å²) in [6.45, 7) is -1.33. The monoisotopic (exact) mass is 519 g/mol. The van der Waals surface area contributed by atoms with Crippen LogP contribution in [0.2, 0.25) is 0 Å². The number of aromatic nitrogens is 2. The lowest BCUT2D eigenvalue weighted by Gasteiger charge is -2.49. The minimum absolute atomic E-state index is 0.229. The van der Waals surface area contributed by atoms with Crippen LogP contribution in [0.25, 0.3) is 0 Å². The highest BCUT2D eigenvalue weighted by Crippen LogP contribution is 2.85. The van der Waals surface area contributed by atoms with E-state index in [1.807, 2.05) is 0 Å². The molecule has 1 aromatic heterocycles. The highest BCUT2D eigenvalue weighted by atomic mass is 31.2. The Bertz CT molecular complexity index is 1380. The molecule has 5 saturated heterocycles. The van der Waals surface area contributed by atoms with Crippen LogP contribution in [0.1, 0.15) is 0 Å². The van der Waals surface area contributed by atoms with Gasteiger partial charge in [0.15, 0.2) is 0 Å². The molecule has 10 aliphatic heterocycles. The van der Waals surface area contributed by atoms with Gasteiger partial charge < -0.3 is 19.3 Å². The maximum Gasteiger partial charge on any atom is 0.617 e. The quantitative estimate of drug-likeness (QED) is 0.328. The summed E-state index contributed by atoms with van der Waals surface area (Å²) in [7, 11) is -14.5. The van der Waals surface area contributed by atoms with Gasteiger partial charge in [-0.05, 0) is 0 Å². The SMILES string of the molecule is O=c1nc2c3c4n1C15O[C@]6(CO)OP(=O)(O1)O[C@@]6(OOP(=O)(O3)O4)[C@@]5(O)OP1(=O)ON2O1. The molecule has 0 aromatic carbocycles.